The molecule has 0 aliphatic heterocycles. The van der Waals surface area contributed by atoms with Crippen LogP contribution in [0.5, 0.6) is 5.75 Å². The molecule has 0 spiro atoms. The first-order valence-electron chi connectivity index (χ1n) is 8.21. The SMILES string of the molecule is CCOc1ccc(NC(=S)N(Cc2ccccc2F)C2CC2)cc1. The second kappa shape index (κ2) is 7.62. The van der Waals surface area contributed by atoms with Crippen molar-refractivity contribution in [3.63, 3.8) is 0 Å². The smallest absolute Gasteiger partial charge is 0.173 e. The van der Waals surface area contributed by atoms with Crippen molar-refractivity contribution in [1.82, 2.24) is 4.90 Å². The van der Waals surface area contributed by atoms with Crippen LogP contribution in [0.1, 0.15) is 25.3 Å². The van der Waals surface area contributed by atoms with Crippen LogP contribution in [-0.4, -0.2) is 22.7 Å². The number of hydrogen-bond donors (Lipinski definition) is 1. The molecule has 5 heteroatoms. The molecule has 3 nitrogen and oxygen atoms in total. The number of rotatable bonds is 6. The Morgan fingerprint density at radius 1 is 1.21 bits per heavy atom. The van der Waals surface area contributed by atoms with Crippen molar-refractivity contribution in [3.8, 4) is 5.75 Å². The van der Waals surface area contributed by atoms with E-state index in [1.807, 2.05) is 43.3 Å². The number of benzene rings is 2. The molecule has 1 fully saturated rings. The number of thiocarbonyl (C=S) groups is 1. The van der Waals surface area contributed by atoms with E-state index in [4.69, 9.17) is 17.0 Å². The number of hydrogen-bond acceptors (Lipinski definition) is 2. The Kier molecular flexibility index (Phi) is 5.30. The lowest BCUT2D eigenvalue weighted by atomic mass is 10.2. The maximum atomic E-state index is 13.9. The van der Waals surface area contributed by atoms with Crippen LogP contribution in [0, 0.1) is 5.82 Å². The third kappa shape index (κ3) is 4.23. The van der Waals surface area contributed by atoms with Crippen LogP contribution in [0.25, 0.3) is 0 Å². The zero-order valence-electron chi connectivity index (χ0n) is 13.7. The minimum Gasteiger partial charge on any atom is -0.494 e. The zero-order valence-corrected chi connectivity index (χ0v) is 14.5. The third-order valence-electron chi connectivity index (χ3n) is 3.96. The highest BCUT2D eigenvalue weighted by atomic mass is 32.1. The van der Waals surface area contributed by atoms with E-state index < -0.39 is 0 Å². The average molecular weight is 344 g/mol. The van der Waals surface area contributed by atoms with Crippen LogP contribution in [0.15, 0.2) is 48.5 Å². The molecule has 0 saturated heterocycles. The van der Waals surface area contributed by atoms with Crippen LogP contribution < -0.4 is 10.1 Å². The summed E-state index contributed by atoms with van der Waals surface area (Å²) >= 11 is 5.56. The molecule has 3 rings (SSSR count). The summed E-state index contributed by atoms with van der Waals surface area (Å²) in [5.74, 6) is 0.645. The van der Waals surface area contributed by atoms with Gasteiger partial charge in [-0.25, -0.2) is 4.39 Å². The maximum Gasteiger partial charge on any atom is 0.173 e. The molecular weight excluding hydrogens is 323 g/mol. The van der Waals surface area contributed by atoms with E-state index in [1.165, 1.54) is 6.07 Å². The highest BCUT2D eigenvalue weighted by Crippen LogP contribution is 2.29. The highest BCUT2D eigenvalue weighted by Gasteiger charge is 2.31. The molecule has 1 aliphatic carbocycles. The summed E-state index contributed by atoms with van der Waals surface area (Å²) in [6.45, 7) is 3.08. The van der Waals surface area contributed by atoms with E-state index >= 15 is 0 Å². The summed E-state index contributed by atoms with van der Waals surface area (Å²) in [5.41, 5.74) is 1.57. The van der Waals surface area contributed by atoms with Gasteiger partial charge in [0.05, 0.1) is 6.61 Å². The lowest BCUT2D eigenvalue weighted by molar-refractivity contribution is 0.340. The van der Waals surface area contributed by atoms with E-state index in [-0.39, 0.29) is 5.82 Å². The maximum absolute atomic E-state index is 13.9. The second-order valence-electron chi connectivity index (χ2n) is 5.84. The fourth-order valence-corrected chi connectivity index (χ4v) is 2.89. The van der Waals surface area contributed by atoms with E-state index in [2.05, 4.69) is 10.2 Å². The van der Waals surface area contributed by atoms with Gasteiger partial charge in [0, 0.05) is 23.8 Å². The third-order valence-corrected chi connectivity index (χ3v) is 4.30. The standard InChI is InChI=1S/C19H21FN2OS/c1-2-23-17-11-7-15(8-12-17)21-19(24)22(16-9-10-16)13-14-5-3-4-6-18(14)20/h3-8,11-12,16H,2,9-10,13H2,1H3,(H,21,24). The van der Waals surface area contributed by atoms with Crippen molar-refractivity contribution in [2.24, 2.45) is 0 Å². The van der Waals surface area contributed by atoms with Crippen molar-refractivity contribution in [1.29, 1.82) is 0 Å². The molecule has 24 heavy (non-hydrogen) atoms. The molecular formula is C19H21FN2OS. The van der Waals surface area contributed by atoms with Crippen LogP contribution in [0.2, 0.25) is 0 Å². The number of nitrogens with one attached hydrogen (secondary N) is 1. The van der Waals surface area contributed by atoms with E-state index in [0.29, 0.717) is 29.9 Å². The second-order valence-corrected chi connectivity index (χ2v) is 6.22. The first kappa shape index (κ1) is 16.7. The van der Waals surface area contributed by atoms with Crippen molar-refractivity contribution in [2.45, 2.75) is 32.4 Å². The van der Waals surface area contributed by atoms with Crippen LogP contribution >= 0.6 is 12.2 Å². The van der Waals surface area contributed by atoms with Crippen molar-refractivity contribution < 1.29 is 9.13 Å². The molecule has 1 saturated carbocycles. The Bertz CT molecular complexity index is 701. The molecule has 0 atom stereocenters. The largest absolute Gasteiger partial charge is 0.494 e. The van der Waals surface area contributed by atoms with Gasteiger partial charge in [0.25, 0.3) is 0 Å². The summed E-state index contributed by atoms with van der Waals surface area (Å²) in [6.07, 6.45) is 2.19. The summed E-state index contributed by atoms with van der Waals surface area (Å²) < 4.78 is 19.4. The van der Waals surface area contributed by atoms with E-state index in [0.717, 1.165) is 24.3 Å². The van der Waals surface area contributed by atoms with Crippen molar-refractivity contribution in [3.05, 3.63) is 59.9 Å². The fraction of sp³-hybridized carbons (Fsp3) is 0.316. The van der Waals surface area contributed by atoms with E-state index in [9.17, 15) is 4.39 Å². The molecule has 126 valence electrons. The van der Waals surface area contributed by atoms with Gasteiger partial charge in [-0.3, -0.25) is 0 Å². The van der Waals surface area contributed by atoms with Crippen LogP contribution in [-0.2, 0) is 6.54 Å². The molecule has 2 aromatic carbocycles. The number of ether oxygens (including phenoxy) is 1. The van der Waals surface area contributed by atoms with Gasteiger partial charge in [-0.05, 0) is 62.3 Å². The zero-order chi connectivity index (χ0) is 16.9. The topological polar surface area (TPSA) is 24.5 Å². The molecule has 0 aromatic heterocycles. The summed E-state index contributed by atoms with van der Waals surface area (Å²) in [4.78, 5) is 2.07. The lowest BCUT2D eigenvalue weighted by Gasteiger charge is -2.26. The van der Waals surface area contributed by atoms with Gasteiger partial charge in [0.1, 0.15) is 11.6 Å². The summed E-state index contributed by atoms with van der Waals surface area (Å²) in [6, 6.07) is 14.9. The minimum atomic E-state index is -0.188. The quantitative estimate of drug-likeness (QED) is 0.775. The molecule has 0 bridgehead atoms. The minimum absolute atomic E-state index is 0.188. The molecule has 1 N–H and O–H groups in total. The van der Waals surface area contributed by atoms with Crippen molar-refractivity contribution in [2.75, 3.05) is 11.9 Å². The molecule has 2 aromatic rings. The molecule has 0 heterocycles. The van der Waals surface area contributed by atoms with Crippen LogP contribution in [0.3, 0.4) is 0 Å². The van der Waals surface area contributed by atoms with Gasteiger partial charge >= 0.3 is 0 Å². The Hall–Kier alpha value is -2.14. The molecule has 0 amide bonds. The van der Waals surface area contributed by atoms with Gasteiger partial charge in [-0.2, -0.15) is 0 Å². The van der Waals surface area contributed by atoms with E-state index in [1.54, 1.807) is 6.07 Å². The summed E-state index contributed by atoms with van der Waals surface area (Å²) in [5, 5.41) is 3.88. The molecule has 1 aliphatic rings. The Labute approximate surface area is 147 Å². The first-order chi connectivity index (χ1) is 11.7. The van der Waals surface area contributed by atoms with Gasteiger partial charge in [-0.15, -0.1) is 0 Å². The molecule has 0 unspecified atom stereocenters. The Morgan fingerprint density at radius 2 is 1.92 bits per heavy atom. The molecule has 0 radical (unpaired) electrons. The first-order valence-corrected chi connectivity index (χ1v) is 8.62. The van der Waals surface area contributed by atoms with Gasteiger partial charge in [0.2, 0.25) is 0 Å². The number of nitrogens with zero attached hydrogens (tertiary/aromatic N) is 1. The average Bonchev–Trinajstić information content (AvgIpc) is 3.41. The number of halogens is 1. The Morgan fingerprint density at radius 3 is 2.54 bits per heavy atom. The highest BCUT2D eigenvalue weighted by molar-refractivity contribution is 7.80. The fourth-order valence-electron chi connectivity index (χ4n) is 2.56. The summed E-state index contributed by atoms with van der Waals surface area (Å²) in [7, 11) is 0. The van der Waals surface area contributed by atoms with Crippen molar-refractivity contribution >= 4 is 23.0 Å². The Balaban J connectivity index is 1.67. The van der Waals surface area contributed by atoms with Gasteiger partial charge < -0.3 is 15.0 Å². The normalized spacial score (nSPS) is 13.4. The van der Waals surface area contributed by atoms with Crippen LogP contribution in [0.4, 0.5) is 10.1 Å². The number of anilines is 1. The monoisotopic (exact) mass is 344 g/mol. The predicted octanol–water partition coefficient (Wildman–Crippen LogP) is 4.59. The van der Waals surface area contributed by atoms with Gasteiger partial charge in [0.15, 0.2) is 5.11 Å². The lowest BCUT2D eigenvalue weighted by Crippen LogP contribution is -2.36. The van der Waals surface area contributed by atoms with Gasteiger partial charge in [-0.1, -0.05) is 18.2 Å². The predicted molar refractivity (Wildman–Crippen MR) is 98.8 cm³/mol.